The van der Waals surface area contributed by atoms with Crippen LogP contribution in [-0.2, 0) is 9.47 Å². The standard InChI is InChI=1S/C18H26N2O3/c1-3-22-12-16-5-4-8-18(16)13-20(9-10-23-18)17(21)15-7-6-14(2)19-11-15/h6-7,11,16H,3-5,8-10,12-13H2,1-2H3/t16-,18-/m1/s1. The minimum absolute atomic E-state index is 0.0576. The predicted molar refractivity (Wildman–Crippen MR) is 87.4 cm³/mol. The summed E-state index contributed by atoms with van der Waals surface area (Å²) in [6.45, 7) is 7.31. The highest BCUT2D eigenvalue weighted by Gasteiger charge is 2.47. The van der Waals surface area contributed by atoms with Crippen molar-refractivity contribution in [1.82, 2.24) is 9.88 Å². The van der Waals surface area contributed by atoms with E-state index in [0.29, 0.717) is 31.2 Å². The van der Waals surface area contributed by atoms with E-state index in [1.54, 1.807) is 6.20 Å². The first-order valence-electron chi connectivity index (χ1n) is 8.58. The van der Waals surface area contributed by atoms with Crippen molar-refractivity contribution in [2.45, 2.75) is 38.7 Å². The van der Waals surface area contributed by atoms with Crippen LogP contribution in [0.3, 0.4) is 0 Å². The number of hydrogen-bond donors (Lipinski definition) is 0. The molecule has 0 bridgehead atoms. The summed E-state index contributed by atoms with van der Waals surface area (Å²) in [5, 5.41) is 0. The van der Waals surface area contributed by atoms with Gasteiger partial charge in [-0.1, -0.05) is 6.42 Å². The van der Waals surface area contributed by atoms with Crippen LogP contribution < -0.4 is 0 Å². The lowest BCUT2D eigenvalue weighted by molar-refractivity contribution is -0.132. The quantitative estimate of drug-likeness (QED) is 0.855. The van der Waals surface area contributed by atoms with Crippen LogP contribution in [0.4, 0.5) is 0 Å². The van der Waals surface area contributed by atoms with Gasteiger partial charge in [-0.2, -0.15) is 0 Å². The Morgan fingerprint density at radius 2 is 2.39 bits per heavy atom. The number of amides is 1. The minimum atomic E-state index is -0.221. The average molecular weight is 318 g/mol. The van der Waals surface area contributed by atoms with Crippen molar-refractivity contribution in [1.29, 1.82) is 0 Å². The maximum absolute atomic E-state index is 12.8. The molecule has 2 fully saturated rings. The van der Waals surface area contributed by atoms with Crippen LogP contribution >= 0.6 is 0 Å². The fraction of sp³-hybridized carbons (Fsp3) is 0.667. The summed E-state index contributed by atoms with van der Waals surface area (Å²) in [5.74, 6) is 0.441. The number of ether oxygens (including phenoxy) is 2. The Hall–Kier alpha value is -1.46. The molecule has 1 aliphatic heterocycles. The normalized spacial score (nSPS) is 27.6. The van der Waals surface area contributed by atoms with Crippen LogP contribution in [0, 0.1) is 12.8 Å². The van der Waals surface area contributed by atoms with E-state index in [1.165, 1.54) is 0 Å². The smallest absolute Gasteiger partial charge is 0.255 e. The highest BCUT2D eigenvalue weighted by Crippen LogP contribution is 2.41. The molecule has 0 unspecified atom stereocenters. The van der Waals surface area contributed by atoms with Gasteiger partial charge in [-0.25, -0.2) is 0 Å². The molecule has 5 heteroatoms. The summed E-state index contributed by atoms with van der Waals surface area (Å²) < 4.78 is 11.8. The number of aromatic nitrogens is 1. The van der Waals surface area contributed by atoms with Crippen molar-refractivity contribution in [3.63, 3.8) is 0 Å². The van der Waals surface area contributed by atoms with Crippen LogP contribution in [0.2, 0.25) is 0 Å². The second kappa shape index (κ2) is 6.97. The van der Waals surface area contributed by atoms with E-state index in [2.05, 4.69) is 4.98 Å². The molecule has 1 saturated carbocycles. The third-order valence-corrected chi connectivity index (χ3v) is 5.07. The molecular weight excluding hydrogens is 292 g/mol. The highest BCUT2D eigenvalue weighted by molar-refractivity contribution is 5.94. The summed E-state index contributed by atoms with van der Waals surface area (Å²) in [7, 11) is 0. The van der Waals surface area contributed by atoms with E-state index in [9.17, 15) is 4.79 Å². The molecule has 1 saturated heterocycles. The Kier molecular flexibility index (Phi) is 4.97. The molecule has 0 N–H and O–H groups in total. The van der Waals surface area contributed by atoms with Crippen molar-refractivity contribution in [3.05, 3.63) is 29.6 Å². The number of carbonyl (C=O) groups excluding carboxylic acids is 1. The van der Waals surface area contributed by atoms with Gasteiger partial charge in [0.15, 0.2) is 0 Å². The minimum Gasteiger partial charge on any atom is -0.381 e. The predicted octanol–water partition coefficient (Wildman–Crippen LogP) is 2.44. The zero-order valence-electron chi connectivity index (χ0n) is 14.1. The fourth-order valence-corrected chi connectivity index (χ4v) is 3.77. The molecule has 2 heterocycles. The van der Waals surface area contributed by atoms with Gasteiger partial charge in [0.25, 0.3) is 5.91 Å². The first-order chi connectivity index (χ1) is 11.1. The molecule has 5 nitrogen and oxygen atoms in total. The number of aryl methyl sites for hydroxylation is 1. The van der Waals surface area contributed by atoms with Gasteiger partial charge in [0.1, 0.15) is 0 Å². The SMILES string of the molecule is CCOC[C@H]1CCC[C@@]12CN(C(=O)c1ccc(C)nc1)CCO2. The summed E-state index contributed by atoms with van der Waals surface area (Å²) in [6, 6.07) is 3.75. The fourth-order valence-electron chi connectivity index (χ4n) is 3.77. The van der Waals surface area contributed by atoms with Crippen LogP contribution in [0.25, 0.3) is 0 Å². The Morgan fingerprint density at radius 1 is 1.52 bits per heavy atom. The van der Waals surface area contributed by atoms with Crippen LogP contribution in [-0.4, -0.2) is 54.3 Å². The maximum Gasteiger partial charge on any atom is 0.255 e. The number of pyridine rings is 1. The Labute approximate surface area is 138 Å². The largest absolute Gasteiger partial charge is 0.381 e. The van der Waals surface area contributed by atoms with E-state index in [4.69, 9.17) is 9.47 Å². The van der Waals surface area contributed by atoms with Gasteiger partial charge in [0.05, 0.1) is 30.9 Å². The zero-order valence-corrected chi connectivity index (χ0v) is 14.1. The third-order valence-electron chi connectivity index (χ3n) is 5.07. The third kappa shape index (κ3) is 3.40. The summed E-state index contributed by atoms with van der Waals surface area (Å²) in [4.78, 5) is 18.9. The van der Waals surface area contributed by atoms with E-state index in [1.807, 2.05) is 30.9 Å². The molecule has 1 aromatic rings. The van der Waals surface area contributed by atoms with Gasteiger partial charge in [-0.3, -0.25) is 9.78 Å². The van der Waals surface area contributed by atoms with Crippen molar-refractivity contribution >= 4 is 5.91 Å². The molecule has 1 aromatic heterocycles. The van der Waals surface area contributed by atoms with Gasteiger partial charge in [-0.15, -0.1) is 0 Å². The zero-order chi connectivity index (χ0) is 16.3. The van der Waals surface area contributed by atoms with Crippen molar-refractivity contribution in [2.24, 2.45) is 5.92 Å². The summed E-state index contributed by atoms with van der Waals surface area (Å²) >= 11 is 0. The molecule has 23 heavy (non-hydrogen) atoms. The number of rotatable bonds is 4. The Balaban J connectivity index is 1.72. The summed E-state index contributed by atoms with van der Waals surface area (Å²) in [6.07, 6.45) is 4.95. The van der Waals surface area contributed by atoms with E-state index >= 15 is 0 Å². The first kappa shape index (κ1) is 16.4. The second-order valence-corrected chi connectivity index (χ2v) is 6.58. The topological polar surface area (TPSA) is 51.7 Å². The van der Waals surface area contributed by atoms with Crippen molar-refractivity contribution in [2.75, 3.05) is 32.9 Å². The van der Waals surface area contributed by atoms with Crippen molar-refractivity contribution < 1.29 is 14.3 Å². The van der Waals surface area contributed by atoms with E-state index < -0.39 is 0 Å². The van der Waals surface area contributed by atoms with Crippen LogP contribution in [0.5, 0.6) is 0 Å². The molecule has 2 atom stereocenters. The molecule has 3 rings (SSSR count). The molecule has 0 aromatic carbocycles. The van der Waals surface area contributed by atoms with Gasteiger partial charge >= 0.3 is 0 Å². The average Bonchev–Trinajstić information content (AvgIpc) is 2.94. The van der Waals surface area contributed by atoms with Gasteiger partial charge in [0.2, 0.25) is 0 Å². The van der Waals surface area contributed by atoms with Gasteiger partial charge in [-0.05, 0) is 38.8 Å². The molecule has 126 valence electrons. The number of nitrogens with zero attached hydrogens (tertiary/aromatic N) is 2. The highest BCUT2D eigenvalue weighted by atomic mass is 16.5. The Morgan fingerprint density at radius 3 is 3.13 bits per heavy atom. The molecule has 1 amide bonds. The molecule has 1 aliphatic carbocycles. The Bertz CT molecular complexity index is 546. The number of morpholine rings is 1. The second-order valence-electron chi connectivity index (χ2n) is 6.58. The molecule has 2 aliphatic rings. The van der Waals surface area contributed by atoms with E-state index in [0.717, 1.165) is 38.2 Å². The van der Waals surface area contributed by atoms with Crippen LogP contribution in [0.1, 0.15) is 42.2 Å². The summed E-state index contributed by atoms with van der Waals surface area (Å²) in [5.41, 5.74) is 1.36. The lowest BCUT2D eigenvalue weighted by Crippen LogP contribution is -2.56. The molecular formula is C18H26N2O3. The number of hydrogen-bond acceptors (Lipinski definition) is 4. The molecule has 1 spiro atoms. The molecule has 0 radical (unpaired) electrons. The van der Waals surface area contributed by atoms with Gasteiger partial charge in [0, 0.05) is 31.0 Å². The van der Waals surface area contributed by atoms with Crippen LogP contribution in [0.15, 0.2) is 18.3 Å². The van der Waals surface area contributed by atoms with Crippen molar-refractivity contribution in [3.8, 4) is 0 Å². The lowest BCUT2D eigenvalue weighted by atomic mass is 9.89. The van der Waals surface area contributed by atoms with Gasteiger partial charge < -0.3 is 14.4 Å². The van der Waals surface area contributed by atoms with E-state index in [-0.39, 0.29) is 11.5 Å². The number of carbonyl (C=O) groups is 1. The monoisotopic (exact) mass is 318 g/mol. The maximum atomic E-state index is 12.8. The lowest BCUT2D eigenvalue weighted by Gasteiger charge is -2.44. The first-order valence-corrected chi connectivity index (χ1v) is 8.58.